The van der Waals surface area contributed by atoms with E-state index in [1.165, 1.54) is 12.5 Å². The molecule has 5 heteroatoms. The third kappa shape index (κ3) is 1.43. The van der Waals surface area contributed by atoms with Crippen LogP contribution in [0.3, 0.4) is 0 Å². The van der Waals surface area contributed by atoms with Gasteiger partial charge in [-0.1, -0.05) is 22.7 Å². The second-order valence-corrected chi connectivity index (χ2v) is 3.56. The summed E-state index contributed by atoms with van der Waals surface area (Å²) in [7, 11) is 1.29. The summed E-state index contributed by atoms with van der Waals surface area (Å²) in [6.45, 7) is 0. The number of methoxy groups -OCH3 is 1. The first-order valence-corrected chi connectivity index (χ1v) is 4.10. The number of ether oxygens (including phenoxy) is 1. The predicted molar refractivity (Wildman–Crippen MR) is 39.8 cm³/mol. The summed E-state index contributed by atoms with van der Waals surface area (Å²) >= 11 is 1.92. The topological polar surface area (TPSA) is 43.4 Å². The van der Waals surface area contributed by atoms with Crippen molar-refractivity contribution in [2.75, 3.05) is 7.11 Å². The van der Waals surface area contributed by atoms with Gasteiger partial charge >= 0.3 is 5.97 Å². The zero-order chi connectivity index (χ0) is 7.56. The smallest absolute Gasteiger partial charge is 0.349 e. The number of carbonyl (C=O) groups excluding carboxylic acids is 1. The molecule has 0 bridgehead atoms. The van der Waals surface area contributed by atoms with Crippen molar-refractivity contribution in [2.24, 2.45) is 0 Å². The van der Waals surface area contributed by atoms with Crippen molar-refractivity contribution in [3.05, 3.63) is 19.1 Å². The summed E-state index contributed by atoms with van der Waals surface area (Å²) < 4.78 is 4.31. The summed E-state index contributed by atoms with van der Waals surface area (Å²) in [5.74, 6) is -0.441. The second-order valence-electron chi connectivity index (χ2n) is 1.44. The quantitative estimate of drug-likeness (QED) is 0.598. The van der Waals surface area contributed by atoms with E-state index in [1.807, 2.05) is 0 Å². The molecule has 0 aliphatic rings. The fourth-order valence-corrected chi connectivity index (χ4v) is 2.02. The third-order valence-electron chi connectivity index (χ3n) is 0.842. The first-order valence-electron chi connectivity index (χ1n) is 2.41. The Balaban J connectivity index is 2.95. The van der Waals surface area contributed by atoms with Crippen LogP contribution in [-0.4, -0.2) is 13.1 Å². The molecule has 1 rings (SSSR count). The van der Waals surface area contributed by atoms with E-state index in [4.69, 9.17) is 0 Å². The van der Waals surface area contributed by atoms with E-state index < -0.39 is 5.97 Å². The monoisotopic (exact) mass is 176 g/mol. The largest absolute Gasteiger partial charge is 0.465 e. The molecule has 10 heavy (non-hydrogen) atoms. The molecular weight excluding hydrogens is 172 g/mol. The lowest BCUT2D eigenvalue weighted by Crippen LogP contribution is -1.97. The van der Waals surface area contributed by atoms with Gasteiger partial charge in [-0.3, -0.25) is 4.79 Å². The van der Waals surface area contributed by atoms with Crippen LogP contribution in [0.25, 0.3) is 0 Å². The van der Waals surface area contributed by atoms with E-state index in [0.29, 0.717) is 4.88 Å². The van der Waals surface area contributed by atoms with Gasteiger partial charge in [-0.15, -0.1) is 0 Å². The van der Waals surface area contributed by atoms with E-state index >= 15 is 0 Å². The van der Waals surface area contributed by atoms with Crippen molar-refractivity contribution in [1.29, 1.82) is 0 Å². The Kier molecular flexibility index (Phi) is 2.18. The molecule has 0 atom stereocenters. The molecule has 0 N–H and O–H groups in total. The molecule has 1 aromatic heterocycles. The normalized spacial score (nSPS) is 9.30. The van der Waals surface area contributed by atoms with Crippen LogP contribution in [0, 0.1) is 0 Å². The molecule has 0 aliphatic heterocycles. The molecule has 0 spiro atoms. The lowest BCUT2D eigenvalue weighted by molar-refractivity contribution is 0.0606. The maximum Gasteiger partial charge on any atom is 0.349 e. The Morgan fingerprint density at radius 3 is 2.80 bits per heavy atom. The van der Waals surface area contributed by atoms with Crippen LogP contribution in [0.1, 0.15) is 9.67 Å². The molecule has 0 saturated carbocycles. The summed E-state index contributed by atoms with van der Waals surface area (Å²) in [6.07, 6.45) is 0. The summed E-state index contributed by atoms with van der Waals surface area (Å²) in [5, 5.41) is 1.50. The SMILES string of the molecule is COC(=O)c1csc(=O)s1. The standard InChI is InChI=1S/C5H4O3S2/c1-8-4(6)3-2-9-5(7)10-3/h2H,1H3. The molecule has 0 aromatic carbocycles. The number of hydrogen-bond acceptors (Lipinski definition) is 5. The van der Waals surface area contributed by atoms with Gasteiger partial charge in [0.15, 0.2) is 0 Å². The van der Waals surface area contributed by atoms with Gasteiger partial charge in [0.25, 0.3) is 4.06 Å². The van der Waals surface area contributed by atoms with Gasteiger partial charge in [-0.2, -0.15) is 0 Å². The van der Waals surface area contributed by atoms with Gasteiger partial charge in [0.05, 0.1) is 7.11 Å². The van der Waals surface area contributed by atoms with Crippen LogP contribution in [-0.2, 0) is 4.74 Å². The Hall–Kier alpha value is -0.680. The van der Waals surface area contributed by atoms with Crippen molar-refractivity contribution < 1.29 is 9.53 Å². The highest BCUT2D eigenvalue weighted by atomic mass is 32.2. The first kappa shape index (κ1) is 7.43. The van der Waals surface area contributed by atoms with Gasteiger partial charge < -0.3 is 4.74 Å². The second kappa shape index (κ2) is 2.94. The van der Waals surface area contributed by atoms with E-state index in [1.54, 1.807) is 0 Å². The highest BCUT2D eigenvalue weighted by molar-refractivity contribution is 7.27. The average molecular weight is 176 g/mol. The lowest BCUT2D eigenvalue weighted by Gasteiger charge is -1.89. The maximum absolute atomic E-state index is 10.7. The molecule has 3 nitrogen and oxygen atoms in total. The number of carbonyl (C=O) groups is 1. The molecular formula is C5H4O3S2. The van der Waals surface area contributed by atoms with Crippen LogP contribution in [0.5, 0.6) is 0 Å². The summed E-state index contributed by atoms with van der Waals surface area (Å²) in [5.41, 5.74) is 0. The molecule has 0 aliphatic carbocycles. The molecule has 1 aromatic rings. The minimum absolute atomic E-state index is 0.0830. The van der Waals surface area contributed by atoms with Crippen LogP contribution in [0.2, 0.25) is 0 Å². The minimum Gasteiger partial charge on any atom is -0.465 e. The van der Waals surface area contributed by atoms with Gasteiger partial charge in [-0.05, 0) is 0 Å². The zero-order valence-electron chi connectivity index (χ0n) is 5.12. The fraction of sp³-hybridized carbons (Fsp3) is 0.200. The van der Waals surface area contributed by atoms with Crippen LogP contribution in [0.15, 0.2) is 10.2 Å². The van der Waals surface area contributed by atoms with Gasteiger partial charge in [0, 0.05) is 5.38 Å². The fourth-order valence-electron chi connectivity index (χ4n) is 0.430. The summed E-state index contributed by atoms with van der Waals surface area (Å²) in [4.78, 5) is 21.6. The van der Waals surface area contributed by atoms with Crippen LogP contribution in [0.4, 0.5) is 0 Å². The minimum atomic E-state index is -0.441. The molecule has 0 amide bonds. The predicted octanol–water partition coefficient (Wildman–Crippen LogP) is 0.956. The van der Waals surface area contributed by atoms with E-state index in [2.05, 4.69) is 4.74 Å². The van der Waals surface area contributed by atoms with E-state index in [9.17, 15) is 9.59 Å². The first-order chi connectivity index (χ1) is 4.74. The van der Waals surface area contributed by atoms with Gasteiger partial charge in [0.2, 0.25) is 0 Å². The third-order valence-corrected chi connectivity index (χ3v) is 2.75. The Bertz CT molecular complexity index is 285. The van der Waals surface area contributed by atoms with E-state index in [-0.39, 0.29) is 4.06 Å². The van der Waals surface area contributed by atoms with Crippen molar-refractivity contribution in [3.8, 4) is 0 Å². The van der Waals surface area contributed by atoms with Gasteiger partial charge in [-0.25, -0.2) is 4.79 Å². The number of rotatable bonds is 1. The average Bonchev–Trinajstić information content (AvgIpc) is 2.34. The number of esters is 1. The van der Waals surface area contributed by atoms with Crippen molar-refractivity contribution >= 4 is 28.6 Å². The highest BCUT2D eigenvalue weighted by Gasteiger charge is 2.07. The van der Waals surface area contributed by atoms with E-state index in [0.717, 1.165) is 22.7 Å². The Morgan fingerprint density at radius 2 is 2.40 bits per heavy atom. The molecule has 0 fully saturated rings. The molecule has 0 saturated heterocycles. The zero-order valence-corrected chi connectivity index (χ0v) is 6.75. The van der Waals surface area contributed by atoms with Crippen LogP contribution < -0.4 is 4.06 Å². The molecule has 1 heterocycles. The van der Waals surface area contributed by atoms with Crippen molar-refractivity contribution in [2.45, 2.75) is 0 Å². The highest BCUT2D eigenvalue weighted by Crippen LogP contribution is 2.07. The van der Waals surface area contributed by atoms with Gasteiger partial charge in [0.1, 0.15) is 4.88 Å². The summed E-state index contributed by atoms with van der Waals surface area (Å²) in [6, 6.07) is 0. The van der Waals surface area contributed by atoms with Crippen molar-refractivity contribution in [1.82, 2.24) is 0 Å². The Labute approximate surface area is 64.9 Å². The molecule has 54 valence electrons. The maximum atomic E-state index is 10.7. The molecule has 0 unspecified atom stereocenters. The lowest BCUT2D eigenvalue weighted by atomic mass is 10.6. The van der Waals surface area contributed by atoms with Crippen molar-refractivity contribution in [3.63, 3.8) is 0 Å². The van der Waals surface area contributed by atoms with Crippen LogP contribution >= 0.6 is 22.7 Å². The Morgan fingerprint density at radius 1 is 1.70 bits per heavy atom. The number of hydrogen-bond donors (Lipinski definition) is 0. The molecule has 0 radical (unpaired) electrons.